The third-order valence-electron chi connectivity index (χ3n) is 5.12. The molecule has 4 rings (SSSR count). The minimum Gasteiger partial charge on any atom is -0.325 e. The quantitative estimate of drug-likeness (QED) is 0.599. The molecule has 0 aromatic heterocycles. The summed E-state index contributed by atoms with van der Waals surface area (Å²) in [6.45, 7) is 0. The fourth-order valence-electron chi connectivity index (χ4n) is 3.71. The summed E-state index contributed by atoms with van der Waals surface area (Å²) in [7, 11) is 0. The molecule has 3 aromatic rings. The van der Waals surface area contributed by atoms with E-state index in [9.17, 15) is 9.59 Å². The third kappa shape index (κ3) is 3.79. The van der Waals surface area contributed by atoms with Gasteiger partial charge in [-0.15, -0.1) is 0 Å². The molecule has 138 valence electrons. The van der Waals surface area contributed by atoms with Crippen molar-refractivity contribution >= 4 is 23.5 Å². The van der Waals surface area contributed by atoms with Crippen LogP contribution in [0.4, 0.5) is 5.69 Å². The highest BCUT2D eigenvalue weighted by Crippen LogP contribution is 2.39. The summed E-state index contributed by atoms with van der Waals surface area (Å²) in [4.78, 5) is 25.6. The van der Waals surface area contributed by atoms with Crippen molar-refractivity contribution in [2.75, 3.05) is 5.32 Å². The van der Waals surface area contributed by atoms with Gasteiger partial charge in [-0.1, -0.05) is 91.0 Å². The van der Waals surface area contributed by atoms with Gasteiger partial charge in [0.15, 0.2) is 5.78 Å². The number of anilines is 1. The van der Waals surface area contributed by atoms with E-state index < -0.39 is 0 Å². The normalized spacial score (nSPS) is 16.6. The molecule has 1 amide bonds. The Bertz CT molecular complexity index is 1010. The van der Waals surface area contributed by atoms with E-state index >= 15 is 0 Å². The predicted octanol–water partition coefficient (Wildman–Crippen LogP) is 5.32. The second-order valence-corrected chi connectivity index (χ2v) is 6.98. The van der Waals surface area contributed by atoms with Crippen molar-refractivity contribution in [3.63, 3.8) is 0 Å². The number of fused-ring (bicyclic) bond motifs is 1. The molecule has 2 unspecified atom stereocenters. The number of benzene rings is 3. The zero-order chi connectivity index (χ0) is 19.3. The summed E-state index contributed by atoms with van der Waals surface area (Å²) in [5.74, 6) is -0.606. The number of hydrogen-bond acceptors (Lipinski definition) is 2. The van der Waals surface area contributed by atoms with E-state index in [1.54, 1.807) is 0 Å². The van der Waals surface area contributed by atoms with E-state index in [-0.39, 0.29) is 29.9 Å². The summed E-state index contributed by atoms with van der Waals surface area (Å²) < 4.78 is 0. The van der Waals surface area contributed by atoms with Gasteiger partial charge in [-0.3, -0.25) is 9.59 Å². The summed E-state index contributed by atoms with van der Waals surface area (Å²) in [5, 5.41) is 2.96. The third-order valence-corrected chi connectivity index (χ3v) is 5.12. The average Bonchev–Trinajstić information content (AvgIpc) is 3.08. The fraction of sp³-hybridized carbons (Fsp3) is 0.120. The maximum atomic E-state index is 12.9. The molecule has 3 aromatic carbocycles. The first-order valence-electron chi connectivity index (χ1n) is 9.43. The van der Waals surface area contributed by atoms with Gasteiger partial charge in [-0.25, -0.2) is 0 Å². The lowest BCUT2D eigenvalue weighted by Gasteiger charge is -2.19. The number of carbonyl (C=O) groups excluding carboxylic acids is 2. The van der Waals surface area contributed by atoms with E-state index in [2.05, 4.69) is 5.32 Å². The van der Waals surface area contributed by atoms with E-state index in [1.165, 1.54) is 0 Å². The molecular weight excluding hydrogens is 346 g/mol. The van der Waals surface area contributed by atoms with Crippen molar-refractivity contribution in [1.82, 2.24) is 0 Å². The van der Waals surface area contributed by atoms with Crippen LogP contribution in [-0.4, -0.2) is 11.7 Å². The van der Waals surface area contributed by atoms with E-state index in [1.807, 2.05) is 97.1 Å². The van der Waals surface area contributed by atoms with Crippen molar-refractivity contribution in [2.45, 2.75) is 12.3 Å². The summed E-state index contributed by atoms with van der Waals surface area (Å²) in [6, 6.07) is 26.9. The molecule has 2 atom stereocenters. The molecule has 1 aliphatic rings. The Kier molecular flexibility index (Phi) is 5.16. The number of amides is 1. The van der Waals surface area contributed by atoms with Gasteiger partial charge in [-0.2, -0.15) is 0 Å². The molecule has 0 saturated carbocycles. The largest absolute Gasteiger partial charge is 0.325 e. The Morgan fingerprint density at radius 3 is 2.29 bits per heavy atom. The molecular formula is C25H21NO2. The number of Topliss-reactive ketones (excluding diaryl/α,β-unsaturated/α-hetero) is 1. The minimum atomic E-state index is -0.371. The number of nitrogens with one attached hydrogen (secondary N) is 1. The molecule has 0 fully saturated rings. The number of hydrogen-bond donors (Lipinski definition) is 1. The topological polar surface area (TPSA) is 46.2 Å². The Hall–Kier alpha value is -3.46. The number of rotatable bonds is 6. The van der Waals surface area contributed by atoms with Crippen LogP contribution in [0.25, 0.3) is 6.08 Å². The van der Waals surface area contributed by atoms with Crippen LogP contribution in [0.15, 0.2) is 91.0 Å². The summed E-state index contributed by atoms with van der Waals surface area (Å²) >= 11 is 0. The van der Waals surface area contributed by atoms with Gasteiger partial charge in [0.25, 0.3) is 0 Å². The monoisotopic (exact) mass is 367 g/mol. The van der Waals surface area contributed by atoms with Crippen LogP contribution in [-0.2, 0) is 4.79 Å². The molecule has 1 heterocycles. The highest BCUT2D eigenvalue weighted by atomic mass is 16.2. The van der Waals surface area contributed by atoms with Crippen molar-refractivity contribution in [1.29, 1.82) is 0 Å². The Morgan fingerprint density at radius 1 is 0.893 bits per heavy atom. The lowest BCUT2D eigenvalue weighted by atomic mass is 9.82. The molecule has 28 heavy (non-hydrogen) atoms. The van der Waals surface area contributed by atoms with Gasteiger partial charge >= 0.3 is 0 Å². The van der Waals surface area contributed by atoms with Crippen molar-refractivity contribution < 1.29 is 9.59 Å². The first-order valence-corrected chi connectivity index (χ1v) is 9.43. The van der Waals surface area contributed by atoms with Crippen LogP contribution in [0.5, 0.6) is 0 Å². The molecule has 0 spiro atoms. The second kappa shape index (κ2) is 8.05. The average molecular weight is 367 g/mol. The van der Waals surface area contributed by atoms with Gasteiger partial charge in [0.1, 0.15) is 0 Å². The predicted molar refractivity (Wildman–Crippen MR) is 112 cm³/mol. The molecule has 1 aliphatic heterocycles. The highest BCUT2D eigenvalue weighted by Gasteiger charge is 2.36. The molecule has 0 saturated heterocycles. The number of ketones is 1. The summed E-state index contributed by atoms with van der Waals surface area (Å²) in [5.41, 5.74) is 3.51. The van der Waals surface area contributed by atoms with Gasteiger partial charge in [0.2, 0.25) is 5.91 Å². The SMILES string of the molecule is O=C(CC(/C=C/c1ccccc1)C1C(=O)Nc2ccccc21)c1ccccc1. The minimum absolute atomic E-state index is 0.0421. The number of allylic oxidation sites excluding steroid dienone is 1. The standard InChI is InChI=1S/C25H21NO2/c27-23(19-11-5-2-6-12-19)17-20(16-15-18-9-3-1-4-10-18)24-21-13-7-8-14-22(21)26-25(24)28/h1-16,20,24H,17H2,(H,26,28)/b16-15+. The van der Waals surface area contributed by atoms with E-state index in [4.69, 9.17) is 0 Å². The van der Waals surface area contributed by atoms with Crippen molar-refractivity contribution in [3.05, 3.63) is 108 Å². The molecule has 3 heteroatoms. The zero-order valence-corrected chi connectivity index (χ0v) is 15.4. The molecule has 0 radical (unpaired) electrons. The molecule has 0 bridgehead atoms. The molecule has 0 aliphatic carbocycles. The Balaban J connectivity index is 1.66. The van der Waals surface area contributed by atoms with Crippen LogP contribution >= 0.6 is 0 Å². The smallest absolute Gasteiger partial charge is 0.232 e. The van der Waals surface area contributed by atoms with Crippen LogP contribution in [0.3, 0.4) is 0 Å². The Morgan fingerprint density at radius 2 is 1.54 bits per heavy atom. The van der Waals surface area contributed by atoms with Crippen LogP contribution < -0.4 is 5.32 Å². The first kappa shape index (κ1) is 17.9. The van der Waals surface area contributed by atoms with Crippen molar-refractivity contribution in [3.8, 4) is 0 Å². The zero-order valence-electron chi connectivity index (χ0n) is 15.4. The van der Waals surface area contributed by atoms with Crippen molar-refractivity contribution in [2.24, 2.45) is 5.92 Å². The van der Waals surface area contributed by atoms with E-state index in [0.717, 1.165) is 16.8 Å². The van der Waals surface area contributed by atoms with Gasteiger partial charge in [-0.05, 0) is 17.2 Å². The lowest BCUT2D eigenvalue weighted by molar-refractivity contribution is -0.117. The fourth-order valence-corrected chi connectivity index (χ4v) is 3.71. The van der Waals surface area contributed by atoms with Crippen LogP contribution in [0.1, 0.15) is 33.8 Å². The van der Waals surface area contributed by atoms with Gasteiger partial charge in [0.05, 0.1) is 5.92 Å². The van der Waals surface area contributed by atoms with Crippen LogP contribution in [0.2, 0.25) is 0 Å². The van der Waals surface area contributed by atoms with E-state index in [0.29, 0.717) is 5.56 Å². The van der Waals surface area contributed by atoms with Crippen LogP contribution in [0, 0.1) is 5.92 Å². The summed E-state index contributed by atoms with van der Waals surface area (Å²) in [6.07, 6.45) is 4.28. The second-order valence-electron chi connectivity index (χ2n) is 6.98. The Labute approximate surface area is 164 Å². The van der Waals surface area contributed by atoms with Gasteiger partial charge in [0, 0.05) is 23.6 Å². The molecule has 3 nitrogen and oxygen atoms in total. The maximum Gasteiger partial charge on any atom is 0.232 e. The highest BCUT2D eigenvalue weighted by molar-refractivity contribution is 6.04. The lowest BCUT2D eigenvalue weighted by Crippen LogP contribution is -2.22. The molecule has 1 N–H and O–H groups in total. The number of carbonyl (C=O) groups is 2. The maximum absolute atomic E-state index is 12.9. The van der Waals surface area contributed by atoms with Gasteiger partial charge < -0.3 is 5.32 Å². The first-order chi connectivity index (χ1) is 13.7. The number of para-hydroxylation sites is 1.